The molecule has 0 aliphatic rings. The monoisotopic (exact) mass is 155 g/mol. The van der Waals surface area contributed by atoms with Crippen molar-refractivity contribution in [2.75, 3.05) is 6.54 Å². The molecule has 0 radical (unpaired) electrons. The molecule has 0 fully saturated rings. The van der Waals surface area contributed by atoms with Crippen LogP contribution in [0.3, 0.4) is 0 Å². The summed E-state index contributed by atoms with van der Waals surface area (Å²) in [6.45, 7) is 0.225. The van der Waals surface area contributed by atoms with Crippen LogP contribution in [0.15, 0.2) is 18.3 Å². The summed E-state index contributed by atoms with van der Waals surface area (Å²) in [5.74, 6) is -0.537. The van der Waals surface area contributed by atoms with E-state index in [1.807, 2.05) is 0 Å². The van der Waals surface area contributed by atoms with Crippen molar-refractivity contribution in [1.29, 1.82) is 0 Å². The third kappa shape index (κ3) is 1.72. The maximum absolute atomic E-state index is 12.8. The fraction of sp³-hybridized carbons (Fsp3) is 0.286. The number of hydrogen-bond acceptors (Lipinski definition) is 3. The van der Waals surface area contributed by atoms with Crippen molar-refractivity contribution < 1.29 is 4.39 Å². The van der Waals surface area contributed by atoms with Gasteiger partial charge in [0.15, 0.2) is 0 Å². The van der Waals surface area contributed by atoms with Crippen LogP contribution in [0.5, 0.6) is 0 Å². The van der Waals surface area contributed by atoms with Crippen molar-refractivity contribution in [2.24, 2.45) is 11.5 Å². The van der Waals surface area contributed by atoms with E-state index in [1.54, 1.807) is 12.1 Å². The lowest BCUT2D eigenvalue weighted by atomic mass is 10.1. The highest BCUT2D eigenvalue weighted by Crippen LogP contribution is 2.10. The summed E-state index contributed by atoms with van der Waals surface area (Å²) >= 11 is 0. The largest absolute Gasteiger partial charge is 0.329 e. The summed E-state index contributed by atoms with van der Waals surface area (Å²) in [6, 6.07) is 2.76. The quantitative estimate of drug-likeness (QED) is 0.599. The standard InChI is InChI=1S/C7H10FN3/c8-7-5(6(10)4-9)2-1-3-11-7/h1-3,6H,4,9-10H2/t6-/m1/s1. The van der Waals surface area contributed by atoms with Crippen molar-refractivity contribution in [3.8, 4) is 0 Å². The maximum Gasteiger partial charge on any atom is 0.217 e. The summed E-state index contributed by atoms with van der Waals surface area (Å²) in [4.78, 5) is 3.45. The molecule has 0 aromatic carbocycles. The zero-order valence-corrected chi connectivity index (χ0v) is 6.00. The molecule has 4 heteroatoms. The van der Waals surface area contributed by atoms with Gasteiger partial charge in [-0.05, 0) is 6.07 Å². The highest BCUT2D eigenvalue weighted by Gasteiger charge is 2.08. The van der Waals surface area contributed by atoms with Crippen molar-refractivity contribution in [3.63, 3.8) is 0 Å². The Kier molecular flexibility index (Phi) is 2.51. The highest BCUT2D eigenvalue weighted by atomic mass is 19.1. The average Bonchev–Trinajstić information content (AvgIpc) is 2.04. The molecule has 1 heterocycles. The van der Waals surface area contributed by atoms with Crippen LogP contribution in [0.2, 0.25) is 0 Å². The molecule has 60 valence electrons. The molecule has 3 nitrogen and oxygen atoms in total. The van der Waals surface area contributed by atoms with E-state index in [0.29, 0.717) is 5.56 Å². The summed E-state index contributed by atoms with van der Waals surface area (Å²) in [6.07, 6.45) is 1.38. The van der Waals surface area contributed by atoms with Crippen LogP contribution >= 0.6 is 0 Å². The lowest BCUT2D eigenvalue weighted by Gasteiger charge is -2.07. The fourth-order valence-electron chi connectivity index (χ4n) is 0.802. The molecule has 0 saturated carbocycles. The second-order valence-electron chi connectivity index (χ2n) is 2.23. The van der Waals surface area contributed by atoms with E-state index in [-0.39, 0.29) is 6.54 Å². The topological polar surface area (TPSA) is 64.9 Å². The van der Waals surface area contributed by atoms with Gasteiger partial charge in [-0.3, -0.25) is 0 Å². The molecule has 0 unspecified atom stereocenters. The number of halogens is 1. The van der Waals surface area contributed by atoms with Gasteiger partial charge in [0, 0.05) is 24.3 Å². The van der Waals surface area contributed by atoms with Crippen molar-refractivity contribution in [2.45, 2.75) is 6.04 Å². The first-order valence-corrected chi connectivity index (χ1v) is 3.31. The lowest BCUT2D eigenvalue weighted by Crippen LogP contribution is -2.22. The Morgan fingerprint density at radius 1 is 1.64 bits per heavy atom. The maximum atomic E-state index is 12.8. The minimum Gasteiger partial charge on any atom is -0.329 e. The number of rotatable bonds is 2. The van der Waals surface area contributed by atoms with E-state index in [4.69, 9.17) is 11.5 Å². The first-order valence-electron chi connectivity index (χ1n) is 3.31. The van der Waals surface area contributed by atoms with Gasteiger partial charge in [0.25, 0.3) is 0 Å². The Morgan fingerprint density at radius 2 is 2.36 bits per heavy atom. The Balaban J connectivity index is 2.93. The Bertz CT molecular complexity index is 239. The molecule has 0 spiro atoms. The smallest absolute Gasteiger partial charge is 0.217 e. The minimum absolute atomic E-state index is 0.225. The molecule has 1 rings (SSSR count). The molecular weight excluding hydrogens is 145 g/mol. The van der Waals surface area contributed by atoms with Gasteiger partial charge < -0.3 is 11.5 Å². The van der Waals surface area contributed by atoms with E-state index in [9.17, 15) is 4.39 Å². The molecule has 1 atom stereocenters. The molecule has 1 aromatic heterocycles. The predicted octanol–water partition coefficient (Wildman–Crippen LogP) is 0.179. The van der Waals surface area contributed by atoms with E-state index >= 15 is 0 Å². The van der Waals surface area contributed by atoms with Crippen molar-refractivity contribution in [1.82, 2.24) is 4.98 Å². The third-order valence-corrected chi connectivity index (χ3v) is 1.44. The number of pyridine rings is 1. The number of nitrogens with zero attached hydrogens (tertiary/aromatic N) is 1. The van der Waals surface area contributed by atoms with E-state index in [1.165, 1.54) is 6.20 Å². The summed E-state index contributed by atoms with van der Waals surface area (Å²) in [7, 11) is 0. The second-order valence-corrected chi connectivity index (χ2v) is 2.23. The van der Waals surface area contributed by atoms with Crippen molar-refractivity contribution in [3.05, 3.63) is 29.8 Å². The number of aromatic nitrogens is 1. The summed E-state index contributed by atoms with van der Waals surface area (Å²) in [5, 5.41) is 0. The number of nitrogens with two attached hydrogens (primary N) is 2. The Labute approximate surface area is 64.2 Å². The molecule has 11 heavy (non-hydrogen) atoms. The molecule has 0 aliphatic heterocycles. The Morgan fingerprint density at radius 3 is 2.91 bits per heavy atom. The molecule has 0 aliphatic carbocycles. The van der Waals surface area contributed by atoms with Gasteiger partial charge in [-0.25, -0.2) is 4.98 Å². The van der Waals surface area contributed by atoms with Gasteiger partial charge in [-0.1, -0.05) is 6.07 Å². The third-order valence-electron chi connectivity index (χ3n) is 1.44. The second kappa shape index (κ2) is 3.41. The SMILES string of the molecule is NC[C@@H](N)c1cccnc1F. The van der Waals surface area contributed by atoms with Crippen LogP contribution in [0.1, 0.15) is 11.6 Å². The summed E-state index contributed by atoms with van der Waals surface area (Å²) in [5.41, 5.74) is 11.1. The van der Waals surface area contributed by atoms with Gasteiger partial charge in [-0.2, -0.15) is 4.39 Å². The number of hydrogen-bond donors (Lipinski definition) is 2. The van der Waals surface area contributed by atoms with E-state index in [2.05, 4.69) is 4.98 Å². The van der Waals surface area contributed by atoms with Gasteiger partial charge in [-0.15, -0.1) is 0 Å². The molecule has 4 N–H and O–H groups in total. The van der Waals surface area contributed by atoms with Crippen LogP contribution < -0.4 is 11.5 Å². The zero-order valence-electron chi connectivity index (χ0n) is 6.00. The Hall–Kier alpha value is -1.00. The molecular formula is C7H10FN3. The van der Waals surface area contributed by atoms with Crippen molar-refractivity contribution >= 4 is 0 Å². The zero-order chi connectivity index (χ0) is 8.27. The van der Waals surface area contributed by atoms with E-state index < -0.39 is 12.0 Å². The van der Waals surface area contributed by atoms with Gasteiger partial charge >= 0.3 is 0 Å². The van der Waals surface area contributed by atoms with Crippen LogP contribution in [-0.4, -0.2) is 11.5 Å². The molecule has 1 aromatic rings. The van der Waals surface area contributed by atoms with Crippen LogP contribution in [0.4, 0.5) is 4.39 Å². The van der Waals surface area contributed by atoms with Gasteiger partial charge in [0.2, 0.25) is 5.95 Å². The molecule has 0 saturated heterocycles. The minimum atomic E-state index is -0.537. The predicted molar refractivity (Wildman–Crippen MR) is 40.2 cm³/mol. The first kappa shape index (κ1) is 8.10. The summed E-state index contributed by atoms with van der Waals surface area (Å²) < 4.78 is 12.8. The lowest BCUT2D eigenvalue weighted by molar-refractivity contribution is 0.546. The molecule has 0 amide bonds. The fourth-order valence-corrected chi connectivity index (χ4v) is 0.802. The van der Waals surface area contributed by atoms with Crippen LogP contribution in [0, 0.1) is 5.95 Å². The van der Waals surface area contributed by atoms with E-state index in [0.717, 1.165) is 0 Å². The first-order chi connectivity index (χ1) is 5.25. The highest BCUT2D eigenvalue weighted by molar-refractivity contribution is 5.15. The van der Waals surface area contributed by atoms with Crippen LogP contribution in [0.25, 0.3) is 0 Å². The van der Waals surface area contributed by atoms with Gasteiger partial charge in [0.05, 0.1) is 0 Å². The average molecular weight is 155 g/mol. The van der Waals surface area contributed by atoms with Gasteiger partial charge in [0.1, 0.15) is 0 Å². The normalized spacial score (nSPS) is 13.0. The van der Waals surface area contributed by atoms with Crippen LogP contribution in [-0.2, 0) is 0 Å². The molecule has 0 bridgehead atoms.